The zero-order valence-electron chi connectivity index (χ0n) is 12.2. The van der Waals surface area contributed by atoms with Gasteiger partial charge in [0.15, 0.2) is 0 Å². The molecule has 3 rings (SSSR count). The quantitative estimate of drug-likeness (QED) is 0.769. The standard InChI is InChI=1S/C17H15N3.H3N/c1-12-13(2)19-20-17(15-6-4-3-5-7-15)16(12)14-8-10-18-11-9-14;/h3-11H,1-2H3;1H3. The summed E-state index contributed by atoms with van der Waals surface area (Å²) in [7, 11) is 0. The van der Waals surface area contributed by atoms with Crippen molar-refractivity contribution in [1.29, 1.82) is 0 Å². The van der Waals surface area contributed by atoms with Crippen LogP contribution in [0, 0.1) is 13.8 Å². The van der Waals surface area contributed by atoms with Gasteiger partial charge in [-0.1, -0.05) is 30.3 Å². The summed E-state index contributed by atoms with van der Waals surface area (Å²) < 4.78 is 0. The average Bonchev–Trinajstić information content (AvgIpc) is 2.51. The number of rotatable bonds is 2. The van der Waals surface area contributed by atoms with E-state index in [1.807, 2.05) is 37.3 Å². The molecule has 2 heterocycles. The van der Waals surface area contributed by atoms with E-state index in [0.29, 0.717) is 0 Å². The van der Waals surface area contributed by atoms with Crippen molar-refractivity contribution in [3.05, 3.63) is 66.1 Å². The number of nitrogens with zero attached hydrogens (tertiary/aromatic N) is 3. The van der Waals surface area contributed by atoms with Crippen molar-refractivity contribution in [2.24, 2.45) is 0 Å². The van der Waals surface area contributed by atoms with E-state index in [0.717, 1.165) is 33.6 Å². The van der Waals surface area contributed by atoms with Crippen molar-refractivity contribution < 1.29 is 0 Å². The molecule has 4 heteroatoms. The highest BCUT2D eigenvalue weighted by Gasteiger charge is 2.14. The van der Waals surface area contributed by atoms with Crippen LogP contribution in [0.2, 0.25) is 0 Å². The fourth-order valence-corrected chi connectivity index (χ4v) is 2.28. The molecule has 3 N–H and O–H groups in total. The summed E-state index contributed by atoms with van der Waals surface area (Å²) in [6, 6.07) is 14.2. The SMILES string of the molecule is Cc1nnc(-c2ccccc2)c(-c2ccncc2)c1C.N. The Morgan fingerprint density at radius 1 is 0.762 bits per heavy atom. The average molecular weight is 278 g/mol. The number of aryl methyl sites for hydroxylation is 1. The molecule has 3 aromatic rings. The molecule has 0 radical (unpaired) electrons. The van der Waals surface area contributed by atoms with Gasteiger partial charge in [0.1, 0.15) is 5.69 Å². The van der Waals surface area contributed by atoms with E-state index < -0.39 is 0 Å². The molecule has 1 aromatic carbocycles. The normalized spacial score (nSPS) is 10.0. The zero-order chi connectivity index (χ0) is 13.9. The van der Waals surface area contributed by atoms with Crippen LogP contribution in [0.1, 0.15) is 11.3 Å². The Morgan fingerprint density at radius 3 is 2.10 bits per heavy atom. The summed E-state index contributed by atoms with van der Waals surface area (Å²) in [4.78, 5) is 4.09. The maximum Gasteiger partial charge on any atom is 0.101 e. The largest absolute Gasteiger partial charge is 0.344 e. The molecule has 0 spiro atoms. The van der Waals surface area contributed by atoms with E-state index >= 15 is 0 Å². The molecule has 0 unspecified atom stereocenters. The maximum absolute atomic E-state index is 4.42. The minimum absolute atomic E-state index is 0. The highest BCUT2D eigenvalue weighted by atomic mass is 15.1. The van der Waals surface area contributed by atoms with Gasteiger partial charge in [-0.05, 0) is 37.1 Å². The number of benzene rings is 1. The Hall–Kier alpha value is -2.59. The number of hydrogen-bond acceptors (Lipinski definition) is 4. The number of aromatic nitrogens is 3. The first-order valence-corrected chi connectivity index (χ1v) is 6.57. The maximum atomic E-state index is 4.42. The second-order valence-electron chi connectivity index (χ2n) is 4.74. The molecular formula is C17H18N4. The number of hydrogen-bond donors (Lipinski definition) is 1. The van der Waals surface area contributed by atoms with E-state index in [-0.39, 0.29) is 6.15 Å². The van der Waals surface area contributed by atoms with Crippen molar-refractivity contribution in [1.82, 2.24) is 21.3 Å². The van der Waals surface area contributed by atoms with Crippen LogP contribution in [0.3, 0.4) is 0 Å². The van der Waals surface area contributed by atoms with Crippen LogP contribution in [0.25, 0.3) is 22.4 Å². The molecule has 106 valence electrons. The molecule has 0 aliphatic carbocycles. The van der Waals surface area contributed by atoms with Gasteiger partial charge in [0.05, 0.1) is 5.69 Å². The van der Waals surface area contributed by atoms with Crippen LogP contribution in [0.5, 0.6) is 0 Å². The lowest BCUT2D eigenvalue weighted by atomic mass is 9.96. The summed E-state index contributed by atoms with van der Waals surface area (Å²) in [5.74, 6) is 0. The van der Waals surface area contributed by atoms with Crippen LogP contribution in [0.15, 0.2) is 54.9 Å². The van der Waals surface area contributed by atoms with Gasteiger partial charge in [-0.25, -0.2) is 0 Å². The second kappa shape index (κ2) is 6.24. The molecule has 0 bridgehead atoms. The van der Waals surface area contributed by atoms with Gasteiger partial charge in [-0.3, -0.25) is 4.98 Å². The smallest absolute Gasteiger partial charge is 0.101 e. The Bertz CT molecular complexity index is 725. The van der Waals surface area contributed by atoms with Crippen molar-refractivity contribution >= 4 is 0 Å². The molecule has 4 nitrogen and oxygen atoms in total. The lowest BCUT2D eigenvalue weighted by Crippen LogP contribution is -1.99. The van der Waals surface area contributed by atoms with E-state index in [4.69, 9.17) is 0 Å². The molecule has 0 aliphatic rings. The Kier molecular flexibility index (Phi) is 4.40. The third-order valence-electron chi connectivity index (χ3n) is 3.47. The van der Waals surface area contributed by atoms with E-state index in [2.05, 4.69) is 34.2 Å². The summed E-state index contributed by atoms with van der Waals surface area (Å²) >= 11 is 0. The first-order chi connectivity index (χ1) is 9.77. The molecular weight excluding hydrogens is 260 g/mol. The van der Waals surface area contributed by atoms with Crippen LogP contribution < -0.4 is 6.15 Å². The Morgan fingerprint density at radius 2 is 1.43 bits per heavy atom. The molecule has 0 saturated carbocycles. The monoisotopic (exact) mass is 278 g/mol. The van der Waals surface area contributed by atoms with E-state index in [1.54, 1.807) is 12.4 Å². The van der Waals surface area contributed by atoms with Crippen LogP contribution >= 0.6 is 0 Å². The molecule has 0 atom stereocenters. The van der Waals surface area contributed by atoms with Gasteiger partial charge in [-0.2, -0.15) is 5.10 Å². The summed E-state index contributed by atoms with van der Waals surface area (Å²) in [6.07, 6.45) is 3.61. The summed E-state index contributed by atoms with van der Waals surface area (Å²) in [5, 5.41) is 8.69. The molecule has 0 saturated heterocycles. The van der Waals surface area contributed by atoms with Crippen molar-refractivity contribution in [3.8, 4) is 22.4 Å². The predicted molar refractivity (Wildman–Crippen MR) is 85.2 cm³/mol. The highest BCUT2D eigenvalue weighted by molar-refractivity contribution is 5.82. The highest BCUT2D eigenvalue weighted by Crippen LogP contribution is 2.33. The summed E-state index contributed by atoms with van der Waals surface area (Å²) in [5.41, 5.74) is 6.36. The van der Waals surface area contributed by atoms with Crippen molar-refractivity contribution in [2.75, 3.05) is 0 Å². The fraction of sp³-hybridized carbons (Fsp3) is 0.118. The van der Waals surface area contributed by atoms with E-state index in [9.17, 15) is 0 Å². The van der Waals surface area contributed by atoms with Crippen molar-refractivity contribution in [3.63, 3.8) is 0 Å². The zero-order valence-corrected chi connectivity index (χ0v) is 12.2. The molecule has 2 aromatic heterocycles. The Labute approximate surface area is 124 Å². The molecule has 0 amide bonds. The number of pyridine rings is 1. The first kappa shape index (κ1) is 14.8. The van der Waals surface area contributed by atoms with Gasteiger partial charge >= 0.3 is 0 Å². The minimum atomic E-state index is 0. The lowest BCUT2D eigenvalue weighted by molar-refractivity contribution is 0.970. The predicted octanol–water partition coefficient (Wildman–Crippen LogP) is 3.98. The first-order valence-electron chi connectivity index (χ1n) is 6.57. The van der Waals surface area contributed by atoms with Gasteiger partial charge < -0.3 is 6.15 Å². The van der Waals surface area contributed by atoms with Crippen LogP contribution in [-0.2, 0) is 0 Å². The molecule has 0 aliphatic heterocycles. The molecule has 0 fully saturated rings. The second-order valence-corrected chi connectivity index (χ2v) is 4.74. The third-order valence-corrected chi connectivity index (χ3v) is 3.47. The minimum Gasteiger partial charge on any atom is -0.344 e. The van der Waals surface area contributed by atoms with E-state index in [1.165, 1.54) is 0 Å². The third kappa shape index (κ3) is 2.80. The van der Waals surface area contributed by atoms with Crippen LogP contribution in [-0.4, -0.2) is 15.2 Å². The Balaban J connectivity index is 0.00000161. The molecule has 21 heavy (non-hydrogen) atoms. The fourth-order valence-electron chi connectivity index (χ4n) is 2.28. The lowest BCUT2D eigenvalue weighted by Gasteiger charge is -2.13. The summed E-state index contributed by atoms with van der Waals surface area (Å²) in [6.45, 7) is 4.08. The van der Waals surface area contributed by atoms with Crippen LogP contribution in [0.4, 0.5) is 0 Å². The van der Waals surface area contributed by atoms with Crippen molar-refractivity contribution in [2.45, 2.75) is 13.8 Å². The van der Waals surface area contributed by atoms with Gasteiger partial charge in [0.25, 0.3) is 0 Å². The van der Waals surface area contributed by atoms with Gasteiger partial charge in [-0.15, -0.1) is 5.10 Å². The van der Waals surface area contributed by atoms with Gasteiger partial charge in [0, 0.05) is 23.5 Å². The topological polar surface area (TPSA) is 73.7 Å². The van der Waals surface area contributed by atoms with Gasteiger partial charge in [0.2, 0.25) is 0 Å².